The number of carbonyl (C=O) groups is 2. The molecule has 2 rings (SSSR count). The van der Waals surface area contributed by atoms with E-state index < -0.39 is 6.10 Å². The van der Waals surface area contributed by atoms with Crippen LogP contribution in [0.4, 0.5) is 5.69 Å². The summed E-state index contributed by atoms with van der Waals surface area (Å²) >= 11 is 0. The number of methoxy groups -OCH3 is 1. The Morgan fingerprint density at radius 1 is 0.957 bits per heavy atom. The van der Waals surface area contributed by atoms with E-state index in [1.165, 1.54) is 6.92 Å². The molecular weight excluding hydrogens is 294 g/mol. The first-order chi connectivity index (χ1) is 11.0. The fourth-order valence-corrected chi connectivity index (χ4v) is 1.94. The number of ketones is 1. The molecule has 2 aromatic rings. The van der Waals surface area contributed by atoms with Crippen LogP contribution < -0.4 is 14.8 Å². The lowest BCUT2D eigenvalue weighted by Crippen LogP contribution is -2.30. The Morgan fingerprint density at radius 2 is 1.52 bits per heavy atom. The molecule has 0 aliphatic carbocycles. The summed E-state index contributed by atoms with van der Waals surface area (Å²) in [6.07, 6.45) is -0.657. The van der Waals surface area contributed by atoms with E-state index in [-0.39, 0.29) is 11.7 Å². The highest BCUT2D eigenvalue weighted by Gasteiger charge is 2.15. The standard InChI is InChI=1S/C18H19NO4/c1-12(20)14-4-6-15(7-5-14)19-18(21)13(2)23-17-10-8-16(22-3)9-11-17/h4-11,13H,1-3H3,(H,19,21)/t13-/m0/s1. The number of hydrogen-bond donors (Lipinski definition) is 1. The lowest BCUT2D eigenvalue weighted by atomic mass is 10.1. The highest BCUT2D eigenvalue weighted by atomic mass is 16.5. The third-order valence-electron chi connectivity index (χ3n) is 3.30. The second-order valence-corrected chi connectivity index (χ2v) is 5.06. The highest BCUT2D eigenvalue weighted by Crippen LogP contribution is 2.18. The van der Waals surface area contributed by atoms with Crippen LogP contribution >= 0.6 is 0 Å². The topological polar surface area (TPSA) is 64.6 Å². The van der Waals surface area contributed by atoms with Crippen molar-refractivity contribution in [2.75, 3.05) is 12.4 Å². The van der Waals surface area contributed by atoms with Crippen molar-refractivity contribution in [2.45, 2.75) is 20.0 Å². The lowest BCUT2D eigenvalue weighted by Gasteiger charge is -2.15. The van der Waals surface area contributed by atoms with E-state index in [1.54, 1.807) is 62.6 Å². The van der Waals surface area contributed by atoms with E-state index in [0.717, 1.165) is 5.75 Å². The summed E-state index contributed by atoms with van der Waals surface area (Å²) in [5.41, 5.74) is 1.22. The van der Waals surface area contributed by atoms with E-state index in [4.69, 9.17) is 9.47 Å². The minimum Gasteiger partial charge on any atom is -0.497 e. The predicted molar refractivity (Wildman–Crippen MR) is 88.2 cm³/mol. The smallest absolute Gasteiger partial charge is 0.265 e. The van der Waals surface area contributed by atoms with Crippen molar-refractivity contribution >= 4 is 17.4 Å². The van der Waals surface area contributed by atoms with Crippen molar-refractivity contribution in [1.29, 1.82) is 0 Å². The zero-order valence-corrected chi connectivity index (χ0v) is 13.3. The zero-order valence-electron chi connectivity index (χ0n) is 13.3. The Kier molecular flexibility index (Phi) is 5.36. The second-order valence-electron chi connectivity index (χ2n) is 5.06. The number of rotatable bonds is 6. The van der Waals surface area contributed by atoms with Crippen LogP contribution in [0.2, 0.25) is 0 Å². The van der Waals surface area contributed by atoms with Gasteiger partial charge in [-0.15, -0.1) is 0 Å². The fourth-order valence-electron chi connectivity index (χ4n) is 1.94. The van der Waals surface area contributed by atoms with Crippen LogP contribution in [0.1, 0.15) is 24.2 Å². The molecule has 0 aliphatic rings. The average Bonchev–Trinajstić information content (AvgIpc) is 2.56. The summed E-state index contributed by atoms with van der Waals surface area (Å²) in [6, 6.07) is 13.7. The van der Waals surface area contributed by atoms with Crippen molar-refractivity contribution in [3.8, 4) is 11.5 Å². The van der Waals surface area contributed by atoms with E-state index in [1.807, 2.05) is 0 Å². The normalized spacial score (nSPS) is 11.4. The minimum absolute atomic E-state index is 0.0147. The largest absolute Gasteiger partial charge is 0.497 e. The molecule has 0 spiro atoms. The monoisotopic (exact) mass is 313 g/mol. The molecule has 1 amide bonds. The third kappa shape index (κ3) is 4.57. The molecule has 0 fully saturated rings. The van der Waals surface area contributed by atoms with Crippen LogP contribution in [-0.4, -0.2) is 24.9 Å². The minimum atomic E-state index is -0.657. The van der Waals surface area contributed by atoms with Gasteiger partial charge in [0, 0.05) is 11.3 Å². The molecule has 2 aromatic carbocycles. The van der Waals surface area contributed by atoms with E-state index in [2.05, 4.69) is 5.32 Å². The number of anilines is 1. The number of amides is 1. The van der Waals surface area contributed by atoms with Gasteiger partial charge in [0.25, 0.3) is 5.91 Å². The predicted octanol–water partition coefficient (Wildman–Crippen LogP) is 3.30. The summed E-state index contributed by atoms with van der Waals surface area (Å²) in [5.74, 6) is 1.02. The highest BCUT2D eigenvalue weighted by molar-refractivity contribution is 5.96. The summed E-state index contributed by atoms with van der Waals surface area (Å²) in [5, 5.41) is 2.75. The van der Waals surface area contributed by atoms with Gasteiger partial charge in [-0.2, -0.15) is 0 Å². The number of nitrogens with one attached hydrogen (secondary N) is 1. The van der Waals surface area contributed by atoms with Gasteiger partial charge in [-0.1, -0.05) is 0 Å². The van der Waals surface area contributed by atoms with Gasteiger partial charge in [0.15, 0.2) is 11.9 Å². The molecule has 23 heavy (non-hydrogen) atoms. The molecule has 5 heteroatoms. The maximum absolute atomic E-state index is 12.1. The van der Waals surface area contributed by atoms with Gasteiger partial charge in [0.05, 0.1) is 7.11 Å². The van der Waals surface area contributed by atoms with Gasteiger partial charge >= 0.3 is 0 Å². The molecule has 0 radical (unpaired) electrons. The Labute approximate surface area is 135 Å². The number of benzene rings is 2. The Bertz CT molecular complexity index is 677. The van der Waals surface area contributed by atoms with Gasteiger partial charge in [0.1, 0.15) is 11.5 Å². The van der Waals surface area contributed by atoms with Crippen LogP contribution in [0.3, 0.4) is 0 Å². The average molecular weight is 313 g/mol. The van der Waals surface area contributed by atoms with Crippen LogP contribution in [0.15, 0.2) is 48.5 Å². The lowest BCUT2D eigenvalue weighted by molar-refractivity contribution is -0.122. The second kappa shape index (κ2) is 7.45. The van der Waals surface area contributed by atoms with Crippen molar-refractivity contribution in [1.82, 2.24) is 0 Å². The number of ether oxygens (including phenoxy) is 2. The number of hydrogen-bond acceptors (Lipinski definition) is 4. The van der Waals surface area contributed by atoms with Gasteiger partial charge in [-0.3, -0.25) is 9.59 Å². The summed E-state index contributed by atoms with van der Waals surface area (Å²) < 4.78 is 10.7. The molecule has 5 nitrogen and oxygen atoms in total. The fraction of sp³-hybridized carbons (Fsp3) is 0.222. The molecule has 0 saturated carbocycles. The van der Waals surface area contributed by atoms with Crippen molar-refractivity contribution in [2.24, 2.45) is 0 Å². The molecule has 0 aliphatic heterocycles. The van der Waals surface area contributed by atoms with Crippen LogP contribution in [-0.2, 0) is 4.79 Å². The Hall–Kier alpha value is -2.82. The summed E-state index contributed by atoms with van der Waals surface area (Å²) in [7, 11) is 1.59. The van der Waals surface area contributed by atoms with Gasteiger partial charge < -0.3 is 14.8 Å². The van der Waals surface area contributed by atoms with Crippen LogP contribution in [0, 0.1) is 0 Å². The van der Waals surface area contributed by atoms with E-state index >= 15 is 0 Å². The molecule has 0 unspecified atom stereocenters. The first kappa shape index (κ1) is 16.5. The quantitative estimate of drug-likeness (QED) is 0.831. The number of Topliss-reactive ketones (excluding diaryl/α,β-unsaturated/α-hetero) is 1. The van der Waals surface area contributed by atoms with E-state index in [0.29, 0.717) is 17.0 Å². The summed E-state index contributed by atoms with van der Waals surface area (Å²) in [6.45, 7) is 3.17. The third-order valence-corrected chi connectivity index (χ3v) is 3.30. The van der Waals surface area contributed by atoms with Crippen molar-refractivity contribution in [3.63, 3.8) is 0 Å². The maximum Gasteiger partial charge on any atom is 0.265 e. The van der Waals surface area contributed by atoms with Crippen LogP contribution in [0.5, 0.6) is 11.5 Å². The molecule has 1 atom stereocenters. The molecule has 0 aromatic heterocycles. The molecule has 120 valence electrons. The first-order valence-corrected chi connectivity index (χ1v) is 7.22. The van der Waals surface area contributed by atoms with Crippen molar-refractivity contribution in [3.05, 3.63) is 54.1 Å². The van der Waals surface area contributed by atoms with Gasteiger partial charge in [-0.25, -0.2) is 0 Å². The number of carbonyl (C=O) groups excluding carboxylic acids is 2. The molecule has 0 saturated heterocycles. The van der Waals surface area contributed by atoms with Gasteiger partial charge in [0.2, 0.25) is 0 Å². The molecule has 1 N–H and O–H groups in total. The maximum atomic E-state index is 12.1. The van der Waals surface area contributed by atoms with Gasteiger partial charge in [-0.05, 0) is 62.4 Å². The molecule has 0 bridgehead atoms. The summed E-state index contributed by atoms with van der Waals surface area (Å²) in [4.78, 5) is 23.4. The zero-order chi connectivity index (χ0) is 16.8. The van der Waals surface area contributed by atoms with E-state index in [9.17, 15) is 9.59 Å². The van der Waals surface area contributed by atoms with Crippen molar-refractivity contribution < 1.29 is 19.1 Å². The SMILES string of the molecule is COc1ccc(O[C@@H](C)C(=O)Nc2ccc(C(C)=O)cc2)cc1. The Balaban J connectivity index is 1.94. The Morgan fingerprint density at radius 3 is 2.04 bits per heavy atom. The molecular formula is C18H19NO4. The first-order valence-electron chi connectivity index (χ1n) is 7.22. The van der Waals surface area contributed by atoms with Crippen LogP contribution in [0.25, 0.3) is 0 Å². The molecule has 0 heterocycles.